The third-order valence-corrected chi connectivity index (χ3v) is 3.98. The van der Waals surface area contributed by atoms with Gasteiger partial charge < -0.3 is 14.6 Å². The Kier molecular flexibility index (Phi) is 5.37. The van der Waals surface area contributed by atoms with Gasteiger partial charge in [0.05, 0.1) is 11.0 Å². The molecule has 0 saturated carbocycles. The molecule has 2 atom stereocenters. The molecule has 24 heavy (non-hydrogen) atoms. The summed E-state index contributed by atoms with van der Waals surface area (Å²) in [6.07, 6.45) is -1.10. The summed E-state index contributed by atoms with van der Waals surface area (Å²) in [5, 5.41) is 9.34. The second kappa shape index (κ2) is 6.96. The first kappa shape index (κ1) is 18.5. The molecule has 1 aromatic carbocycles. The van der Waals surface area contributed by atoms with Crippen LogP contribution >= 0.6 is 15.9 Å². The first-order valence-corrected chi connectivity index (χ1v) is 8.20. The molecule has 132 valence electrons. The number of hydrogen-bond acceptors (Lipinski definition) is 4. The highest BCUT2D eigenvalue weighted by Gasteiger charge is 2.42. The molecule has 2 rings (SSSR count). The van der Waals surface area contributed by atoms with Crippen molar-refractivity contribution in [2.75, 3.05) is 6.54 Å². The van der Waals surface area contributed by atoms with E-state index in [2.05, 4.69) is 15.9 Å². The van der Waals surface area contributed by atoms with Crippen LogP contribution in [-0.2, 0) is 9.53 Å². The van der Waals surface area contributed by atoms with Crippen LogP contribution in [-0.4, -0.2) is 46.4 Å². The summed E-state index contributed by atoms with van der Waals surface area (Å²) < 4.78 is 24.5. The van der Waals surface area contributed by atoms with Gasteiger partial charge in [-0.3, -0.25) is 4.90 Å². The lowest BCUT2D eigenvalue weighted by molar-refractivity contribution is -0.142. The molecule has 1 aromatic rings. The number of carbonyl (C=O) groups is 2. The van der Waals surface area contributed by atoms with E-state index in [0.29, 0.717) is 10.2 Å². The van der Waals surface area contributed by atoms with Gasteiger partial charge in [-0.1, -0.05) is 0 Å². The van der Waals surface area contributed by atoms with E-state index in [4.69, 9.17) is 9.47 Å². The van der Waals surface area contributed by atoms with Crippen molar-refractivity contribution in [3.05, 3.63) is 28.5 Å². The molecule has 1 saturated heterocycles. The smallest absolute Gasteiger partial charge is 0.411 e. The molecular weight excluding hydrogens is 385 g/mol. The topological polar surface area (TPSA) is 76.1 Å². The molecule has 0 aliphatic carbocycles. The molecule has 1 amide bonds. The number of rotatable bonds is 3. The summed E-state index contributed by atoms with van der Waals surface area (Å²) in [7, 11) is 0. The summed E-state index contributed by atoms with van der Waals surface area (Å²) in [6.45, 7) is 5.21. The van der Waals surface area contributed by atoms with E-state index >= 15 is 0 Å². The molecule has 8 heteroatoms. The van der Waals surface area contributed by atoms with Crippen molar-refractivity contribution in [3.63, 3.8) is 0 Å². The standard InChI is InChI=1S/C16H19BrFNO5/c1-16(2,3)24-15(22)19-8-10(7-12(19)14(20)21)23-13-5-4-9(18)6-11(13)17/h4-6,10,12H,7-8H2,1-3H3,(H,20,21). The minimum absolute atomic E-state index is 0.0791. The first-order chi connectivity index (χ1) is 11.1. The quantitative estimate of drug-likeness (QED) is 0.836. The maximum absolute atomic E-state index is 13.1. The average molecular weight is 404 g/mol. The van der Waals surface area contributed by atoms with Gasteiger partial charge in [0.1, 0.15) is 29.3 Å². The van der Waals surface area contributed by atoms with Crippen LogP contribution in [0.1, 0.15) is 27.2 Å². The highest BCUT2D eigenvalue weighted by molar-refractivity contribution is 9.10. The lowest BCUT2D eigenvalue weighted by Crippen LogP contribution is -2.43. The van der Waals surface area contributed by atoms with Crippen molar-refractivity contribution in [1.29, 1.82) is 0 Å². The van der Waals surface area contributed by atoms with Gasteiger partial charge in [-0.25, -0.2) is 14.0 Å². The van der Waals surface area contributed by atoms with Crippen LogP contribution in [0.15, 0.2) is 22.7 Å². The lowest BCUT2D eigenvalue weighted by atomic mass is 10.2. The molecule has 0 bridgehead atoms. The Balaban J connectivity index is 2.11. The van der Waals surface area contributed by atoms with Crippen molar-refractivity contribution in [1.82, 2.24) is 4.90 Å². The summed E-state index contributed by atoms with van der Waals surface area (Å²) in [5.41, 5.74) is -0.723. The third kappa shape index (κ3) is 4.59. The van der Waals surface area contributed by atoms with Gasteiger partial charge in [-0.05, 0) is 54.9 Å². The molecule has 1 aliphatic heterocycles. The average Bonchev–Trinajstić information content (AvgIpc) is 2.84. The summed E-state index contributed by atoms with van der Waals surface area (Å²) >= 11 is 3.20. The highest BCUT2D eigenvalue weighted by Crippen LogP contribution is 2.30. The zero-order valence-electron chi connectivity index (χ0n) is 13.6. The van der Waals surface area contributed by atoms with E-state index in [1.807, 2.05) is 0 Å². The van der Waals surface area contributed by atoms with Crippen LogP contribution in [0.3, 0.4) is 0 Å². The van der Waals surface area contributed by atoms with Gasteiger partial charge in [-0.15, -0.1) is 0 Å². The van der Waals surface area contributed by atoms with Gasteiger partial charge in [0.2, 0.25) is 0 Å². The van der Waals surface area contributed by atoms with E-state index in [1.54, 1.807) is 20.8 Å². The highest BCUT2D eigenvalue weighted by atomic mass is 79.9. The summed E-state index contributed by atoms with van der Waals surface area (Å²) in [6, 6.07) is 2.93. The first-order valence-electron chi connectivity index (χ1n) is 7.41. The number of likely N-dealkylation sites (tertiary alicyclic amines) is 1. The fourth-order valence-corrected chi connectivity index (χ4v) is 2.83. The second-order valence-electron chi connectivity index (χ2n) is 6.54. The van der Waals surface area contributed by atoms with E-state index < -0.39 is 35.6 Å². The number of carboxylic acid groups (broad SMARTS) is 1. The zero-order valence-corrected chi connectivity index (χ0v) is 15.2. The molecular formula is C16H19BrFNO5. The number of amides is 1. The van der Waals surface area contributed by atoms with Gasteiger partial charge in [0.25, 0.3) is 0 Å². The number of carbonyl (C=O) groups excluding carboxylic acids is 1. The van der Waals surface area contributed by atoms with Crippen molar-refractivity contribution < 1.29 is 28.6 Å². The number of ether oxygens (including phenoxy) is 2. The number of benzene rings is 1. The van der Waals surface area contributed by atoms with Crippen molar-refractivity contribution in [2.45, 2.75) is 44.9 Å². The molecule has 1 fully saturated rings. The fourth-order valence-electron chi connectivity index (χ4n) is 2.39. The Morgan fingerprint density at radius 1 is 1.38 bits per heavy atom. The summed E-state index contributed by atoms with van der Waals surface area (Å²) in [5.74, 6) is -1.15. The Labute approximate surface area is 147 Å². The largest absolute Gasteiger partial charge is 0.487 e. The Morgan fingerprint density at radius 2 is 2.04 bits per heavy atom. The fraction of sp³-hybridized carbons (Fsp3) is 0.500. The minimum Gasteiger partial charge on any atom is -0.487 e. The zero-order chi connectivity index (χ0) is 18.1. The van der Waals surface area contributed by atoms with E-state index in [1.165, 1.54) is 18.2 Å². The normalized spacial score (nSPS) is 20.8. The molecule has 0 spiro atoms. The van der Waals surface area contributed by atoms with Crippen LogP contribution in [0.2, 0.25) is 0 Å². The van der Waals surface area contributed by atoms with Crippen LogP contribution in [0.5, 0.6) is 5.75 Å². The molecule has 1 N–H and O–H groups in total. The maximum atomic E-state index is 13.1. The molecule has 0 radical (unpaired) electrons. The van der Waals surface area contributed by atoms with Crippen LogP contribution in [0.4, 0.5) is 9.18 Å². The Hall–Kier alpha value is -1.83. The predicted molar refractivity (Wildman–Crippen MR) is 87.5 cm³/mol. The van der Waals surface area contributed by atoms with Crippen molar-refractivity contribution >= 4 is 28.0 Å². The number of aliphatic carboxylic acids is 1. The molecule has 2 unspecified atom stereocenters. The summed E-state index contributed by atoms with van der Waals surface area (Å²) in [4.78, 5) is 24.8. The third-order valence-electron chi connectivity index (χ3n) is 3.36. The second-order valence-corrected chi connectivity index (χ2v) is 7.39. The van der Waals surface area contributed by atoms with Gasteiger partial charge in [-0.2, -0.15) is 0 Å². The van der Waals surface area contributed by atoms with E-state index in [9.17, 15) is 19.1 Å². The molecule has 1 heterocycles. The van der Waals surface area contributed by atoms with Gasteiger partial charge in [0, 0.05) is 6.42 Å². The van der Waals surface area contributed by atoms with Crippen molar-refractivity contribution in [3.8, 4) is 5.75 Å². The van der Waals surface area contributed by atoms with Gasteiger partial charge >= 0.3 is 12.1 Å². The van der Waals surface area contributed by atoms with Crippen molar-refractivity contribution in [2.24, 2.45) is 0 Å². The number of nitrogens with zero attached hydrogens (tertiary/aromatic N) is 1. The molecule has 1 aliphatic rings. The Bertz CT molecular complexity index is 646. The van der Waals surface area contributed by atoms with E-state index in [0.717, 1.165) is 4.90 Å². The molecule has 6 nitrogen and oxygen atoms in total. The number of hydrogen-bond donors (Lipinski definition) is 1. The maximum Gasteiger partial charge on any atom is 0.411 e. The van der Waals surface area contributed by atoms with Crippen LogP contribution in [0.25, 0.3) is 0 Å². The molecule has 0 aromatic heterocycles. The Morgan fingerprint density at radius 3 is 2.58 bits per heavy atom. The number of halogens is 2. The number of carboxylic acids is 1. The minimum atomic E-state index is -1.12. The van der Waals surface area contributed by atoms with Crippen LogP contribution in [0, 0.1) is 5.82 Å². The van der Waals surface area contributed by atoms with E-state index in [-0.39, 0.29) is 13.0 Å². The lowest BCUT2D eigenvalue weighted by Gasteiger charge is -2.26. The SMILES string of the molecule is CC(C)(C)OC(=O)N1CC(Oc2ccc(F)cc2Br)CC1C(=O)O. The monoisotopic (exact) mass is 403 g/mol. The predicted octanol–water partition coefficient (Wildman–Crippen LogP) is 3.43. The van der Waals surface area contributed by atoms with Crippen LogP contribution < -0.4 is 4.74 Å². The van der Waals surface area contributed by atoms with Gasteiger partial charge in [0.15, 0.2) is 0 Å².